The van der Waals surface area contributed by atoms with Gasteiger partial charge in [0, 0.05) is 13.6 Å². The summed E-state index contributed by atoms with van der Waals surface area (Å²) >= 11 is 0. The third-order valence-electron chi connectivity index (χ3n) is 3.63. The lowest BCUT2D eigenvalue weighted by Gasteiger charge is -2.20. The number of hydrogen-bond donors (Lipinski definition) is 1. The van der Waals surface area contributed by atoms with Gasteiger partial charge in [0.25, 0.3) is 0 Å². The van der Waals surface area contributed by atoms with Crippen LogP contribution in [-0.2, 0) is 7.05 Å². The zero-order valence-corrected chi connectivity index (χ0v) is 13.4. The molecule has 0 aliphatic carbocycles. The Morgan fingerprint density at radius 1 is 1.24 bits per heavy atom. The molecule has 1 atom stereocenters. The van der Waals surface area contributed by atoms with Gasteiger partial charge >= 0.3 is 0 Å². The lowest BCUT2D eigenvalue weighted by Crippen LogP contribution is -2.26. The van der Waals surface area contributed by atoms with Gasteiger partial charge in [-0.2, -0.15) is 5.10 Å². The molecule has 2 aromatic rings. The molecule has 2 rings (SSSR count). The van der Waals surface area contributed by atoms with Crippen molar-refractivity contribution in [3.8, 4) is 5.75 Å². The average molecular weight is 287 g/mol. The molecule has 0 spiro atoms. The van der Waals surface area contributed by atoms with Crippen LogP contribution >= 0.6 is 0 Å². The molecule has 1 heterocycles. The van der Waals surface area contributed by atoms with Crippen LogP contribution in [0.4, 0.5) is 0 Å². The Hall–Kier alpha value is -1.81. The maximum atomic E-state index is 6.28. The highest BCUT2D eigenvalue weighted by Gasteiger charge is 2.18. The lowest BCUT2D eigenvalue weighted by molar-refractivity contribution is 0.199. The Morgan fingerprint density at radius 2 is 1.95 bits per heavy atom. The monoisotopic (exact) mass is 287 g/mol. The summed E-state index contributed by atoms with van der Waals surface area (Å²) in [6.07, 6.45) is 1.12. The van der Waals surface area contributed by atoms with Gasteiger partial charge in [0.2, 0.25) is 0 Å². The third kappa shape index (κ3) is 3.85. The highest BCUT2D eigenvalue weighted by molar-refractivity contribution is 5.33. The zero-order chi connectivity index (χ0) is 15.2. The molecule has 0 aliphatic heterocycles. The van der Waals surface area contributed by atoms with E-state index in [0.717, 1.165) is 36.6 Å². The predicted octanol–water partition coefficient (Wildman–Crippen LogP) is 3.16. The van der Waals surface area contributed by atoms with Crippen LogP contribution in [0.25, 0.3) is 0 Å². The SMILES string of the molecule is CCCNCC(Oc1c(C)nn(C)c1C)c1ccccc1. The van der Waals surface area contributed by atoms with Crippen LogP contribution in [0.3, 0.4) is 0 Å². The minimum atomic E-state index is -0.000602. The second-order valence-electron chi connectivity index (χ2n) is 5.34. The summed E-state index contributed by atoms with van der Waals surface area (Å²) in [5.74, 6) is 0.893. The summed E-state index contributed by atoms with van der Waals surface area (Å²) in [6.45, 7) is 7.99. The van der Waals surface area contributed by atoms with E-state index in [0.29, 0.717) is 0 Å². The van der Waals surface area contributed by atoms with Gasteiger partial charge in [-0.1, -0.05) is 37.3 Å². The van der Waals surface area contributed by atoms with Gasteiger partial charge in [-0.05, 0) is 32.4 Å². The van der Waals surface area contributed by atoms with E-state index >= 15 is 0 Å². The van der Waals surface area contributed by atoms with Crippen molar-refractivity contribution >= 4 is 0 Å². The number of aromatic nitrogens is 2. The lowest BCUT2D eigenvalue weighted by atomic mass is 10.1. The van der Waals surface area contributed by atoms with Crippen molar-refractivity contribution in [1.29, 1.82) is 0 Å². The summed E-state index contributed by atoms with van der Waals surface area (Å²) in [4.78, 5) is 0. The van der Waals surface area contributed by atoms with Crippen LogP contribution < -0.4 is 10.1 Å². The van der Waals surface area contributed by atoms with Crippen molar-refractivity contribution in [2.45, 2.75) is 33.3 Å². The number of nitrogens with one attached hydrogen (secondary N) is 1. The molecule has 21 heavy (non-hydrogen) atoms. The standard InChI is InChI=1S/C17H25N3O/c1-5-11-18-12-16(15-9-7-6-8-10-15)21-17-13(2)19-20(4)14(17)3/h6-10,16,18H,5,11-12H2,1-4H3. The van der Waals surface area contributed by atoms with Crippen molar-refractivity contribution in [2.24, 2.45) is 7.05 Å². The Balaban J connectivity index is 2.19. The van der Waals surface area contributed by atoms with Crippen molar-refractivity contribution < 1.29 is 4.74 Å². The Morgan fingerprint density at radius 3 is 2.52 bits per heavy atom. The number of ether oxygens (including phenoxy) is 1. The van der Waals surface area contributed by atoms with Crippen LogP contribution in [-0.4, -0.2) is 22.9 Å². The van der Waals surface area contributed by atoms with Gasteiger partial charge in [-0.3, -0.25) is 4.68 Å². The Labute approximate surface area is 127 Å². The molecule has 114 valence electrons. The minimum Gasteiger partial charge on any atom is -0.481 e. The molecule has 1 N–H and O–H groups in total. The van der Waals surface area contributed by atoms with Crippen molar-refractivity contribution in [3.63, 3.8) is 0 Å². The van der Waals surface area contributed by atoms with E-state index in [1.165, 1.54) is 5.56 Å². The van der Waals surface area contributed by atoms with Gasteiger partial charge < -0.3 is 10.1 Å². The quantitative estimate of drug-likeness (QED) is 0.795. The number of aryl methyl sites for hydroxylation is 2. The topological polar surface area (TPSA) is 39.1 Å². The van der Waals surface area contributed by atoms with Crippen molar-refractivity contribution in [3.05, 3.63) is 47.3 Å². The minimum absolute atomic E-state index is 0.000602. The van der Waals surface area contributed by atoms with Crippen LogP contribution in [0.2, 0.25) is 0 Å². The van der Waals surface area contributed by atoms with Gasteiger partial charge in [0.05, 0.1) is 5.69 Å². The first-order valence-electron chi connectivity index (χ1n) is 7.56. The van der Waals surface area contributed by atoms with Gasteiger partial charge in [0.15, 0.2) is 5.75 Å². The molecule has 0 saturated heterocycles. The fourth-order valence-electron chi connectivity index (χ4n) is 2.37. The summed E-state index contributed by atoms with van der Waals surface area (Å²) < 4.78 is 8.15. The van der Waals surface area contributed by atoms with E-state index in [1.54, 1.807) is 0 Å². The second kappa shape index (κ2) is 7.27. The van der Waals surface area contributed by atoms with Crippen LogP contribution in [0.15, 0.2) is 30.3 Å². The summed E-state index contributed by atoms with van der Waals surface area (Å²) in [5.41, 5.74) is 3.18. The highest BCUT2D eigenvalue weighted by Crippen LogP contribution is 2.27. The molecule has 0 saturated carbocycles. The highest BCUT2D eigenvalue weighted by atomic mass is 16.5. The smallest absolute Gasteiger partial charge is 0.163 e. The first kappa shape index (κ1) is 15.6. The molecular weight excluding hydrogens is 262 g/mol. The van der Waals surface area contributed by atoms with Crippen molar-refractivity contribution in [2.75, 3.05) is 13.1 Å². The molecule has 0 aliphatic rings. The average Bonchev–Trinajstić information content (AvgIpc) is 2.73. The van der Waals surface area contributed by atoms with E-state index in [1.807, 2.05) is 31.6 Å². The van der Waals surface area contributed by atoms with Gasteiger partial charge in [-0.25, -0.2) is 0 Å². The number of rotatable bonds is 7. The summed E-state index contributed by atoms with van der Waals surface area (Å²) in [5, 5.41) is 7.87. The summed E-state index contributed by atoms with van der Waals surface area (Å²) in [6, 6.07) is 10.3. The van der Waals surface area contributed by atoms with E-state index < -0.39 is 0 Å². The van der Waals surface area contributed by atoms with E-state index in [4.69, 9.17) is 4.74 Å². The van der Waals surface area contributed by atoms with E-state index in [-0.39, 0.29) is 6.10 Å². The normalized spacial score (nSPS) is 12.4. The first-order valence-corrected chi connectivity index (χ1v) is 7.56. The molecule has 0 bridgehead atoms. The van der Waals surface area contributed by atoms with Gasteiger partial charge in [0.1, 0.15) is 11.8 Å². The Bertz CT molecular complexity index is 563. The largest absolute Gasteiger partial charge is 0.481 e. The van der Waals surface area contributed by atoms with Crippen LogP contribution in [0.1, 0.15) is 36.4 Å². The molecule has 1 unspecified atom stereocenters. The van der Waals surface area contributed by atoms with E-state index in [2.05, 4.69) is 41.6 Å². The fraction of sp³-hybridized carbons (Fsp3) is 0.471. The molecule has 4 nitrogen and oxygen atoms in total. The molecule has 0 fully saturated rings. The fourth-order valence-corrected chi connectivity index (χ4v) is 2.37. The third-order valence-corrected chi connectivity index (χ3v) is 3.63. The summed E-state index contributed by atoms with van der Waals surface area (Å²) in [7, 11) is 1.95. The molecule has 0 amide bonds. The van der Waals surface area contributed by atoms with Crippen molar-refractivity contribution in [1.82, 2.24) is 15.1 Å². The second-order valence-corrected chi connectivity index (χ2v) is 5.34. The molecule has 1 aromatic carbocycles. The van der Waals surface area contributed by atoms with Crippen LogP contribution in [0.5, 0.6) is 5.75 Å². The number of benzene rings is 1. The molecule has 4 heteroatoms. The first-order chi connectivity index (χ1) is 10.1. The zero-order valence-electron chi connectivity index (χ0n) is 13.4. The molecule has 1 aromatic heterocycles. The maximum absolute atomic E-state index is 6.28. The van der Waals surface area contributed by atoms with Crippen LogP contribution in [0, 0.1) is 13.8 Å². The maximum Gasteiger partial charge on any atom is 0.163 e. The predicted molar refractivity (Wildman–Crippen MR) is 85.7 cm³/mol. The number of nitrogens with zero attached hydrogens (tertiary/aromatic N) is 2. The molecule has 0 radical (unpaired) electrons. The number of hydrogen-bond acceptors (Lipinski definition) is 3. The molecular formula is C17H25N3O. The Kier molecular flexibility index (Phi) is 5.39. The van der Waals surface area contributed by atoms with Gasteiger partial charge in [-0.15, -0.1) is 0 Å². The van der Waals surface area contributed by atoms with E-state index in [9.17, 15) is 0 Å².